The highest BCUT2D eigenvalue weighted by molar-refractivity contribution is 7.53. The molecule has 8 heteroatoms. The van der Waals surface area contributed by atoms with Gasteiger partial charge >= 0.3 is 19.5 Å². The van der Waals surface area contributed by atoms with Crippen LogP contribution in [0, 0.1) is 5.92 Å². The lowest BCUT2D eigenvalue weighted by Gasteiger charge is -2.20. The van der Waals surface area contributed by atoms with Gasteiger partial charge in [-0.2, -0.15) is 0 Å². The number of carboxylic acid groups (broad SMARTS) is 2. The third-order valence-corrected chi connectivity index (χ3v) is 3.42. The van der Waals surface area contributed by atoms with Crippen LogP contribution in [0.5, 0.6) is 0 Å². The minimum Gasteiger partial charge on any atom is -0.481 e. The number of rotatable bonds is 6. The molecule has 0 heterocycles. The molecule has 0 saturated heterocycles. The van der Waals surface area contributed by atoms with E-state index in [1.165, 1.54) is 6.92 Å². The molecule has 88 valence electrons. The van der Waals surface area contributed by atoms with Gasteiger partial charge in [-0.1, -0.05) is 6.92 Å². The zero-order chi connectivity index (χ0) is 12.2. The first-order valence-corrected chi connectivity index (χ1v) is 5.84. The number of hydrogen-bond acceptors (Lipinski definition) is 3. The van der Waals surface area contributed by atoms with Crippen LogP contribution < -0.4 is 0 Å². The Labute approximate surface area is 85.9 Å². The van der Waals surface area contributed by atoms with Gasteiger partial charge < -0.3 is 20.0 Å². The average Bonchev–Trinajstić information content (AvgIpc) is 1.96. The fraction of sp³-hybridized carbons (Fsp3) is 0.714. The molecule has 2 atom stereocenters. The number of carboxylic acids is 2. The van der Waals surface area contributed by atoms with Crippen molar-refractivity contribution in [1.82, 2.24) is 0 Å². The molecule has 0 radical (unpaired) electrons. The monoisotopic (exact) mass is 240 g/mol. The van der Waals surface area contributed by atoms with E-state index in [0.717, 1.165) is 0 Å². The summed E-state index contributed by atoms with van der Waals surface area (Å²) in [4.78, 5) is 38.3. The van der Waals surface area contributed by atoms with Crippen LogP contribution in [0.25, 0.3) is 0 Å². The molecule has 0 spiro atoms. The van der Waals surface area contributed by atoms with Crippen molar-refractivity contribution in [3.05, 3.63) is 0 Å². The average molecular weight is 240 g/mol. The van der Waals surface area contributed by atoms with E-state index in [9.17, 15) is 14.2 Å². The summed E-state index contributed by atoms with van der Waals surface area (Å²) in [6, 6.07) is 0. The highest BCUT2D eigenvalue weighted by Crippen LogP contribution is 2.46. The molecule has 0 aromatic heterocycles. The number of aliphatic carboxylic acids is 2. The standard InChI is InChI=1S/C7H13O7P/c1-4(2-3-5(8)9)6(7(10)11)15(12,13)14/h4,6H,2-3H2,1H3,(H,8,9)(H,10,11)(H2,12,13,14). The summed E-state index contributed by atoms with van der Waals surface area (Å²) < 4.78 is 10.8. The van der Waals surface area contributed by atoms with Gasteiger partial charge in [0.15, 0.2) is 5.66 Å². The Hall–Kier alpha value is -0.910. The van der Waals surface area contributed by atoms with Crippen LogP contribution in [0.1, 0.15) is 19.8 Å². The Morgan fingerprint density at radius 2 is 1.73 bits per heavy atom. The summed E-state index contributed by atoms with van der Waals surface area (Å²) in [6.45, 7) is 1.31. The maximum Gasteiger partial charge on any atom is 0.340 e. The summed E-state index contributed by atoms with van der Waals surface area (Å²) in [7, 11) is -4.74. The van der Waals surface area contributed by atoms with Crippen molar-refractivity contribution in [2.45, 2.75) is 25.4 Å². The van der Waals surface area contributed by atoms with E-state index in [4.69, 9.17) is 20.0 Å². The Morgan fingerprint density at radius 3 is 2.00 bits per heavy atom. The van der Waals surface area contributed by atoms with Crippen molar-refractivity contribution in [2.24, 2.45) is 5.92 Å². The van der Waals surface area contributed by atoms with Gasteiger partial charge in [-0.3, -0.25) is 14.2 Å². The summed E-state index contributed by atoms with van der Waals surface area (Å²) >= 11 is 0. The molecule has 0 saturated carbocycles. The molecule has 0 rings (SSSR count). The van der Waals surface area contributed by atoms with Crippen molar-refractivity contribution in [3.63, 3.8) is 0 Å². The van der Waals surface area contributed by atoms with Gasteiger partial charge in [0, 0.05) is 6.42 Å². The van der Waals surface area contributed by atoms with Gasteiger partial charge in [-0.15, -0.1) is 0 Å². The van der Waals surface area contributed by atoms with Gasteiger partial charge in [-0.05, 0) is 12.3 Å². The summed E-state index contributed by atoms with van der Waals surface area (Å²) in [6.07, 6.45) is -0.400. The first kappa shape index (κ1) is 14.1. The van der Waals surface area contributed by atoms with E-state index in [1.54, 1.807) is 0 Å². The predicted octanol–water partition coefficient (Wildman–Crippen LogP) is 0.118. The second kappa shape index (κ2) is 5.25. The molecule has 2 unspecified atom stereocenters. The van der Waals surface area contributed by atoms with Gasteiger partial charge in [0.1, 0.15) is 0 Å². The van der Waals surface area contributed by atoms with Crippen molar-refractivity contribution in [3.8, 4) is 0 Å². The molecule has 0 aromatic carbocycles. The lowest BCUT2D eigenvalue weighted by atomic mass is 10.0. The molecule has 0 amide bonds. The number of carbonyl (C=O) groups is 2. The minimum atomic E-state index is -4.74. The Balaban J connectivity index is 4.58. The Morgan fingerprint density at radius 1 is 1.27 bits per heavy atom. The molecule has 0 aliphatic heterocycles. The highest BCUT2D eigenvalue weighted by atomic mass is 31.2. The number of hydrogen-bond donors (Lipinski definition) is 4. The molecule has 0 aliphatic carbocycles. The normalized spacial score (nSPS) is 15.7. The van der Waals surface area contributed by atoms with Crippen molar-refractivity contribution in [1.29, 1.82) is 0 Å². The van der Waals surface area contributed by atoms with Crippen LogP contribution in [-0.2, 0) is 14.2 Å². The SMILES string of the molecule is CC(CCC(=O)O)C(C(=O)O)P(=O)(O)O. The largest absolute Gasteiger partial charge is 0.481 e. The minimum absolute atomic E-state index is 0.0859. The lowest BCUT2D eigenvalue weighted by Crippen LogP contribution is -2.28. The van der Waals surface area contributed by atoms with Crippen LogP contribution in [0.4, 0.5) is 0 Å². The molecule has 0 aliphatic rings. The lowest BCUT2D eigenvalue weighted by molar-refractivity contribution is -0.140. The summed E-state index contributed by atoms with van der Waals surface area (Å²) in [5.41, 5.74) is -1.84. The van der Waals surface area contributed by atoms with Crippen molar-refractivity contribution >= 4 is 19.5 Å². The van der Waals surface area contributed by atoms with Crippen LogP contribution in [0.15, 0.2) is 0 Å². The van der Waals surface area contributed by atoms with Gasteiger partial charge in [0.2, 0.25) is 0 Å². The maximum atomic E-state index is 10.8. The predicted molar refractivity (Wildman–Crippen MR) is 49.5 cm³/mol. The first-order chi connectivity index (χ1) is 6.66. The third-order valence-electron chi connectivity index (χ3n) is 1.97. The van der Waals surface area contributed by atoms with E-state index in [0.29, 0.717) is 0 Å². The molecule has 0 fully saturated rings. The molecular formula is C7H13O7P. The van der Waals surface area contributed by atoms with Crippen molar-refractivity contribution in [2.75, 3.05) is 0 Å². The molecule has 7 nitrogen and oxygen atoms in total. The van der Waals surface area contributed by atoms with Gasteiger partial charge in [-0.25, -0.2) is 0 Å². The molecule has 4 N–H and O–H groups in total. The smallest absolute Gasteiger partial charge is 0.340 e. The zero-order valence-electron chi connectivity index (χ0n) is 8.03. The first-order valence-electron chi connectivity index (χ1n) is 4.16. The zero-order valence-corrected chi connectivity index (χ0v) is 8.92. The topological polar surface area (TPSA) is 132 Å². The van der Waals surface area contributed by atoms with E-state index in [1.807, 2.05) is 0 Å². The van der Waals surface area contributed by atoms with E-state index >= 15 is 0 Å². The molecular weight excluding hydrogens is 227 g/mol. The van der Waals surface area contributed by atoms with Crippen LogP contribution >= 0.6 is 7.60 Å². The van der Waals surface area contributed by atoms with Crippen LogP contribution in [0.3, 0.4) is 0 Å². The van der Waals surface area contributed by atoms with E-state index < -0.39 is 31.1 Å². The summed E-state index contributed by atoms with van der Waals surface area (Å²) in [5, 5.41) is 16.9. The van der Waals surface area contributed by atoms with Gasteiger partial charge in [0.05, 0.1) is 0 Å². The molecule has 0 bridgehead atoms. The molecule has 15 heavy (non-hydrogen) atoms. The Bertz CT molecular complexity index is 294. The fourth-order valence-corrected chi connectivity index (χ4v) is 2.33. The second-order valence-electron chi connectivity index (χ2n) is 3.28. The molecule has 0 aromatic rings. The van der Waals surface area contributed by atoms with E-state index in [2.05, 4.69) is 0 Å². The summed E-state index contributed by atoms with van der Waals surface area (Å²) in [5.74, 6) is -3.63. The quantitative estimate of drug-likeness (QED) is 0.484. The Kier molecular flexibility index (Phi) is 4.93. The third kappa shape index (κ3) is 4.92. The van der Waals surface area contributed by atoms with E-state index in [-0.39, 0.29) is 12.8 Å². The van der Waals surface area contributed by atoms with Crippen LogP contribution in [-0.4, -0.2) is 37.6 Å². The highest BCUT2D eigenvalue weighted by Gasteiger charge is 2.40. The second-order valence-corrected chi connectivity index (χ2v) is 5.02. The van der Waals surface area contributed by atoms with Crippen LogP contribution in [0.2, 0.25) is 0 Å². The van der Waals surface area contributed by atoms with Crippen molar-refractivity contribution < 1.29 is 34.2 Å². The fourth-order valence-electron chi connectivity index (χ4n) is 1.23. The van der Waals surface area contributed by atoms with Gasteiger partial charge in [0.25, 0.3) is 0 Å². The maximum absolute atomic E-state index is 10.8.